The number of aromatic nitrogens is 2. The van der Waals surface area contributed by atoms with Crippen LogP contribution in [-0.2, 0) is 9.59 Å². The number of aliphatic hydroxyl groups excluding tert-OH is 1. The highest BCUT2D eigenvalue weighted by molar-refractivity contribution is 6.51. The van der Waals surface area contributed by atoms with Gasteiger partial charge in [-0.1, -0.05) is 35.3 Å². The number of nitrogens with one attached hydrogen (secondary N) is 1. The van der Waals surface area contributed by atoms with E-state index in [0.29, 0.717) is 22.3 Å². The van der Waals surface area contributed by atoms with Gasteiger partial charge in [0.15, 0.2) is 0 Å². The molecule has 9 nitrogen and oxygen atoms in total. The van der Waals surface area contributed by atoms with E-state index in [1.807, 2.05) is 31.1 Å². The summed E-state index contributed by atoms with van der Waals surface area (Å²) in [6.45, 7) is 0. The predicted octanol–water partition coefficient (Wildman–Crippen LogP) is 5.58. The Balaban J connectivity index is 1.75. The molecule has 1 amide bonds. The summed E-state index contributed by atoms with van der Waals surface area (Å²) in [6, 6.07) is 14.4. The van der Waals surface area contributed by atoms with Gasteiger partial charge in [-0.2, -0.15) is 0 Å². The van der Waals surface area contributed by atoms with Crippen molar-refractivity contribution in [3.8, 4) is 11.5 Å². The molecular formula is C28H24Cl2N4O5. The van der Waals surface area contributed by atoms with Gasteiger partial charge in [-0.15, -0.1) is 0 Å². The largest absolute Gasteiger partial charge is 0.507 e. The molecule has 1 aliphatic rings. The van der Waals surface area contributed by atoms with Crippen molar-refractivity contribution in [1.29, 1.82) is 0 Å². The Hall–Kier alpha value is -4.21. The Kier molecular flexibility index (Phi) is 6.88. The van der Waals surface area contributed by atoms with Gasteiger partial charge in [0.2, 0.25) is 5.95 Å². The zero-order valence-corrected chi connectivity index (χ0v) is 23.0. The van der Waals surface area contributed by atoms with E-state index in [2.05, 4.69) is 9.97 Å². The number of H-pyrrole nitrogens is 1. The van der Waals surface area contributed by atoms with Crippen LogP contribution in [0.2, 0.25) is 10.0 Å². The minimum Gasteiger partial charge on any atom is -0.507 e. The minimum absolute atomic E-state index is 0.0808. The van der Waals surface area contributed by atoms with Gasteiger partial charge in [0, 0.05) is 30.9 Å². The van der Waals surface area contributed by atoms with E-state index in [9.17, 15) is 14.7 Å². The van der Waals surface area contributed by atoms with E-state index in [1.54, 1.807) is 37.4 Å². The average Bonchev–Trinajstić information content (AvgIpc) is 3.45. The highest BCUT2D eigenvalue weighted by Gasteiger charge is 2.48. The van der Waals surface area contributed by atoms with Crippen LogP contribution in [0.4, 0.5) is 11.6 Å². The maximum absolute atomic E-state index is 13.6. The van der Waals surface area contributed by atoms with Crippen LogP contribution in [0.15, 0.2) is 60.2 Å². The summed E-state index contributed by atoms with van der Waals surface area (Å²) in [6.07, 6.45) is 0. The van der Waals surface area contributed by atoms with Crippen LogP contribution < -0.4 is 19.3 Å². The van der Waals surface area contributed by atoms with Gasteiger partial charge in [0.05, 0.1) is 47.5 Å². The number of hydrogen-bond donors (Lipinski definition) is 2. The molecule has 0 bridgehead atoms. The van der Waals surface area contributed by atoms with Crippen molar-refractivity contribution in [2.24, 2.45) is 0 Å². The molecule has 1 atom stereocenters. The summed E-state index contributed by atoms with van der Waals surface area (Å²) in [5.41, 5.74) is 2.58. The number of anilines is 2. The van der Waals surface area contributed by atoms with Gasteiger partial charge in [0.25, 0.3) is 5.78 Å². The Bertz CT molecular complexity index is 1650. The number of ketones is 1. The van der Waals surface area contributed by atoms with Crippen LogP contribution in [0.1, 0.15) is 17.2 Å². The number of amides is 1. The van der Waals surface area contributed by atoms with E-state index in [0.717, 1.165) is 5.69 Å². The molecule has 200 valence electrons. The maximum atomic E-state index is 13.6. The number of carbonyl (C=O) groups excluding carboxylic acids is 2. The second-order valence-corrected chi connectivity index (χ2v) is 9.91. The fourth-order valence-corrected chi connectivity index (χ4v) is 5.20. The van der Waals surface area contributed by atoms with E-state index >= 15 is 0 Å². The van der Waals surface area contributed by atoms with Crippen LogP contribution in [0.5, 0.6) is 11.5 Å². The average molecular weight is 567 g/mol. The number of Topliss-reactive ketones (excluding diaryl/α,β-unsaturated/α-hetero) is 1. The van der Waals surface area contributed by atoms with Crippen molar-refractivity contribution in [1.82, 2.24) is 9.97 Å². The molecule has 0 spiro atoms. The lowest BCUT2D eigenvalue weighted by Crippen LogP contribution is -2.30. The summed E-state index contributed by atoms with van der Waals surface area (Å²) in [7, 11) is 6.73. The standard InChI is InChI=1S/C28H24Cl2N4O5/c1-33(2)16-7-5-14(6-8-16)23-22(24(35)18-11-15(29)12-19(30)26(18)39-4)25(36)27(37)34(23)28-31-20-10-9-17(38-3)13-21(20)32-28/h5-13,23,35H,1-4H3,(H,31,32)/b24-22+. The van der Waals surface area contributed by atoms with E-state index in [1.165, 1.54) is 24.1 Å². The molecule has 1 saturated heterocycles. The number of rotatable bonds is 6. The zero-order valence-electron chi connectivity index (χ0n) is 21.5. The van der Waals surface area contributed by atoms with Crippen molar-refractivity contribution in [3.05, 3.63) is 81.3 Å². The molecule has 3 aromatic carbocycles. The topological polar surface area (TPSA) is 108 Å². The van der Waals surface area contributed by atoms with Crippen LogP contribution in [0.3, 0.4) is 0 Å². The van der Waals surface area contributed by atoms with Crippen LogP contribution in [-0.4, -0.2) is 55.1 Å². The van der Waals surface area contributed by atoms with Gasteiger partial charge < -0.3 is 24.5 Å². The Morgan fingerprint density at radius 2 is 1.74 bits per heavy atom. The summed E-state index contributed by atoms with van der Waals surface area (Å²) < 4.78 is 10.7. The van der Waals surface area contributed by atoms with Crippen molar-refractivity contribution in [3.63, 3.8) is 0 Å². The molecule has 4 aromatic rings. The number of benzene rings is 3. The number of carbonyl (C=O) groups is 2. The highest BCUT2D eigenvalue weighted by atomic mass is 35.5. The van der Waals surface area contributed by atoms with E-state index < -0.39 is 23.5 Å². The first-order valence-corrected chi connectivity index (χ1v) is 12.6. The number of hydrogen-bond acceptors (Lipinski definition) is 7. The molecule has 1 aliphatic heterocycles. The number of fused-ring (bicyclic) bond motifs is 1. The second kappa shape index (κ2) is 10.2. The number of nitrogens with zero attached hydrogens (tertiary/aromatic N) is 3. The lowest BCUT2D eigenvalue weighted by Gasteiger charge is -2.24. The second-order valence-electron chi connectivity index (χ2n) is 9.07. The van der Waals surface area contributed by atoms with Gasteiger partial charge >= 0.3 is 5.91 Å². The van der Waals surface area contributed by atoms with Crippen LogP contribution >= 0.6 is 23.2 Å². The number of halogens is 2. The zero-order chi connectivity index (χ0) is 28.0. The number of aliphatic hydroxyl groups is 1. The van der Waals surface area contributed by atoms with Gasteiger partial charge in [-0.3, -0.25) is 14.5 Å². The molecule has 1 unspecified atom stereocenters. The molecule has 5 rings (SSSR count). The normalized spacial score (nSPS) is 16.7. The molecular weight excluding hydrogens is 543 g/mol. The number of aromatic amines is 1. The van der Waals surface area contributed by atoms with E-state index in [-0.39, 0.29) is 32.9 Å². The van der Waals surface area contributed by atoms with Crippen LogP contribution in [0.25, 0.3) is 16.8 Å². The molecule has 2 N–H and O–H groups in total. The van der Waals surface area contributed by atoms with Gasteiger partial charge in [-0.25, -0.2) is 4.98 Å². The monoisotopic (exact) mass is 566 g/mol. The third-order valence-corrected chi connectivity index (χ3v) is 7.04. The fourth-order valence-electron chi connectivity index (χ4n) is 4.63. The Labute approximate surface area is 234 Å². The predicted molar refractivity (Wildman–Crippen MR) is 151 cm³/mol. The molecule has 0 saturated carbocycles. The van der Waals surface area contributed by atoms with Gasteiger partial charge in [-0.05, 0) is 42.0 Å². The first-order valence-electron chi connectivity index (χ1n) is 11.8. The first kappa shape index (κ1) is 26.4. The smallest absolute Gasteiger partial charge is 0.302 e. The lowest BCUT2D eigenvalue weighted by molar-refractivity contribution is -0.132. The SMILES string of the molecule is COc1ccc2nc(N3C(=O)C(=O)/C(=C(/O)c4cc(Cl)cc(Cl)c4OC)C3c3ccc(N(C)C)cc3)[nH]c2c1. The van der Waals surface area contributed by atoms with Crippen molar-refractivity contribution in [2.45, 2.75) is 6.04 Å². The molecule has 39 heavy (non-hydrogen) atoms. The number of ether oxygens (including phenoxy) is 2. The minimum atomic E-state index is -1.02. The third-order valence-electron chi connectivity index (χ3n) is 6.54. The maximum Gasteiger partial charge on any atom is 0.302 e. The summed E-state index contributed by atoms with van der Waals surface area (Å²) in [5.74, 6) is -1.39. The number of imidazole rings is 1. The molecule has 0 aliphatic carbocycles. The lowest BCUT2D eigenvalue weighted by atomic mass is 9.95. The van der Waals surface area contributed by atoms with E-state index in [4.69, 9.17) is 32.7 Å². The molecule has 11 heteroatoms. The summed E-state index contributed by atoms with van der Waals surface area (Å²) in [5, 5.41) is 11.9. The molecule has 0 radical (unpaired) electrons. The highest BCUT2D eigenvalue weighted by Crippen LogP contribution is 2.45. The number of methoxy groups -OCH3 is 2. The Morgan fingerprint density at radius 3 is 2.38 bits per heavy atom. The Morgan fingerprint density at radius 1 is 1.03 bits per heavy atom. The fraction of sp³-hybridized carbons (Fsp3) is 0.179. The van der Waals surface area contributed by atoms with Crippen molar-refractivity contribution in [2.75, 3.05) is 38.1 Å². The molecule has 2 heterocycles. The van der Waals surface area contributed by atoms with Crippen molar-refractivity contribution >= 4 is 63.3 Å². The quantitative estimate of drug-likeness (QED) is 0.178. The molecule has 1 aromatic heterocycles. The summed E-state index contributed by atoms with van der Waals surface area (Å²) >= 11 is 12.5. The van der Waals surface area contributed by atoms with Gasteiger partial charge in [0.1, 0.15) is 17.3 Å². The third kappa shape index (κ3) is 4.53. The van der Waals surface area contributed by atoms with Crippen molar-refractivity contribution < 1.29 is 24.2 Å². The van der Waals surface area contributed by atoms with Crippen LogP contribution in [0, 0.1) is 0 Å². The first-order chi connectivity index (χ1) is 18.6. The molecule has 1 fully saturated rings. The summed E-state index contributed by atoms with van der Waals surface area (Å²) in [4.78, 5) is 38.0.